The number of carbonyl (C=O) groups is 1. The number of unbranched alkanes of at least 4 members (excludes halogenated alkanes) is 1. The van der Waals surface area contributed by atoms with E-state index < -0.39 is 5.97 Å². The average Bonchev–Trinajstić information content (AvgIpc) is 2.38. The quantitative estimate of drug-likeness (QED) is 0.853. The summed E-state index contributed by atoms with van der Waals surface area (Å²) in [5, 5.41) is 11.6. The van der Waals surface area contributed by atoms with Gasteiger partial charge in [0.2, 0.25) is 0 Å². The first-order valence-electron chi connectivity index (χ1n) is 6.44. The Morgan fingerprint density at radius 1 is 1.17 bits per heavy atom. The minimum Gasteiger partial charge on any atom is -0.481 e. The van der Waals surface area contributed by atoms with E-state index in [4.69, 9.17) is 0 Å². The fourth-order valence-corrected chi connectivity index (χ4v) is 2.27. The van der Waals surface area contributed by atoms with Gasteiger partial charge in [0.05, 0.1) is 5.92 Å². The van der Waals surface area contributed by atoms with Gasteiger partial charge in [0.1, 0.15) is 0 Å². The minimum absolute atomic E-state index is 0.380. The van der Waals surface area contributed by atoms with E-state index in [-0.39, 0.29) is 5.92 Å². The van der Waals surface area contributed by atoms with Gasteiger partial charge in [0.25, 0.3) is 0 Å². The van der Waals surface area contributed by atoms with Gasteiger partial charge in [0.15, 0.2) is 0 Å². The Bertz CT molecular complexity index is 546. The highest BCUT2D eigenvalue weighted by Crippen LogP contribution is 2.26. The molecule has 1 N–H and O–H groups in total. The largest absolute Gasteiger partial charge is 0.481 e. The molecule has 0 fully saturated rings. The molecule has 0 spiro atoms. The van der Waals surface area contributed by atoms with Gasteiger partial charge >= 0.3 is 5.97 Å². The third-order valence-electron chi connectivity index (χ3n) is 3.32. The van der Waals surface area contributed by atoms with E-state index in [0.717, 1.165) is 29.2 Å². The van der Waals surface area contributed by atoms with Crippen molar-refractivity contribution in [3.8, 4) is 0 Å². The Balaban J connectivity index is 2.35. The van der Waals surface area contributed by atoms with Crippen LogP contribution in [0.15, 0.2) is 42.5 Å². The maximum absolute atomic E-state index is 11.3. The summed E-state index contributed by atoms with van der Waals surface area (Å²) in [6.07, 6.45) is 2.69. The number of hydrogen-bond donors (Lipinski definition) is 1. The van der Waals surface area contributed by atoms with E-state index >= 15 is 0 Å². The molecule has 18 heavy (non-hydrogen) atoms. The van der Waals surface area contributed by atoms with Crippen molar-refractivity contribution in [1.29, 1.82) is 0 Å². The first kappa shape index (κ1) is 12.6. The van der Waals surface area contributed by atoms with E-state index in [2.05, 4.69) is 6.92 Å². The smallest absolute Gasteiger partial charge is 0.310 e. The van der Waals surface area contributed by atoms with Crippen molar-refractivity contribution in [2.24, 2.45) is 0 Å². The van der Waals surface area contributed by atoms with Crippen LogP contribution in [0.3, 0.4) is 0 Å². The molecule has 1 atom stereocenters. The number of carboxylic acid groups (broad SMARTS) is 1. The SMILES string of the molecule is CCCCC(C(=O)O)c1ccc2ccccc2c1. The zero-order chi connectivity index (χ0) is 13.0. The maximum Gasteiger partial charge on any atom is 0.310 e. The van der Waals surface area contributed by atoms with E-state index in [1.54, 1.807) is 0 Å². The van der Waals surface area contributed by atoms with Gasteiger partial charge in [0, 0.05) is 0 Å². The number of fused-ring (bicyclic) bond motifs is 1. The van der Waals surface area contributed by atoms with Crippen molar-refractivity contribution < 1.29 is 9.90 Å². The fourth-order valence-electron chi connectivity index (χ4n) is 2.27. The highest BCUT2D eigenvalue weighted by atomic mass is 16.4. The van der Waals surface area contributed by atoms with Crippen LogP contribution in [0.5, 0.6) is 0 Å². The second kappa shape index (κ2) is 5.67. The van der Waals surface area contributed by atoms with Crippen LogP contribution in [0.1, 0.15) is 37.7 Å². The molecule has 2 nitrogen and oxygen atoms in total. The normalized spacial score (nSPS) is 12.5. The van der Waals surface area contributed by atoms with Crippen LogP contribution in [0.2, 0.25) is 0 Å². The fraction of sp³-hybridized carbons (Fsp3) is 0.312. The van der Waals surface area contributed by atoms with Gasteiger partial charge in [-0.1, -0.05) is 62.2 Å². The number of hydrogen-bond acceptors (Lipinski definition) is 1. The Morgan fingerprint density at radius 3 is 2.56 bits per heavy atom. The lowest BCUT2D eigenvalue weighted by atomic mass is 9.92. The van der Waals surface area contributed by atoms with Gasteiger partial charge in [-0.2, -0.15) is 0 Å². The molecule has 0 saturated heterocycles. The predicted octanol–water partition coefficient (Wildman–Crippen LogP) is 4.20. The van der Waals surface area contributed by atoms with Crippen molar-refractivity contribution >= 4 is 16.7 Å². The molecule has 0 radical (unpaired) electrons. The molecule has 94 valence electrons. The number of carboxylic acids is 1. The number of benzene rings is 2. The Labute approximate surface area is 107 Å². The Kier molecular flexibility index (Phi) is 3.98. The van der Waals surface area contributed by atoms with Gasteiger partial charge in [-0.25, -0.2) is 0 Å². The highest BCUT2D eigenvalue weighted by molar-refractivity contribution is 5.85. The topological polar surface area (TPSA) is 37.3 Å². The highest BCUT2D eigenvalue weighted by Gasteiger charge is 2.19. The molecule has 0 aliphatic carbocycles. The second-order valence-corrected chi connectivity index (χ2v) is 4.64. The molecule has 1 unspecified atom stereocenters. The standard InChI is InChI=1S/C16H18O2/c1-2-3-8-15(16(17)18)14-10-9-12-6-4-5-7-13(12)11-14/h4-7,9-11,15H,2-3,8H2,1H3,(H,17,18). The Hall–Kier alpha value is -1.83. The molecule has 2 aromatic carbocycles. The van der Waals surface area contributed by atoms with Crippen LogP contribution < -0.4 is 0 Å². The maximum atomic E-state index is 11.3. The molecule has 0 amide bonds. The molecule has 0 aromatic heterocycles. The van der Waals surface area contributed by atoms with Crippen molar-refractivity contribution in [3.05, 3.63) is 48.0 Å². The lowest BCUT2D eigenvalue weighted by molar-refractivity contribution is -0.139. The molecule has 0 saturated carbocycles. The molecule has 0 bridgehead atoms. The third kappa shape index (κ3) is 2.70. The Morgan fingerprint density at radius 2 is 1.89 bits per heavy atom. The van der Waals surface area contributed by atoms with E-state index in [1.165, 1.54) is 0 Å². The van der Waals surface area contributed by atoms with Crippen LogP contribution in [0.4, 0.5) is 0 Å². The summed E-state index contributed by atoms with van der Waals surface area (Å²) >= 11 is 0. The van der Waals surface area contributed by atoms with Crippen LogP contribution in [-0.2, 0) is 4.79 Å². The van der Waals surface area contributed by atoms with Gasteiger partial charge < -0.3 is 5.11 Å². The van der Waals surface area contributed by atoms with Crippen molar-refractivity contribution in [1.82, 2.24) is 0 Å². The number of rotatable bonds is 5. The molecular weight excluding hydrogens is 224 g/mol. The summed E-state index contributed by atoms with van der Waals surface area (Å²) in [5.41, 5.74) is 0.912. The molecule has 2 rings (SSSR count). The van der Waals surface area contributed by atoms with Crippen molar-refractivity contribution in [3.63, 3.8) is 0 Å². The van der Waals surface area contributed by atoms with Crippen molar-refractivity contribution in [2.45, 2.75) is 32.1 Å². The third-order valence-corrected chi connectivity index (χ3v) is 3.32. The molecular formula is C16H18O2. The lowest BCUT2D eigenvalue weighted by Crippen LogP contribution is -2.11. The monoisotopic (exact) mass is 242 g/mol. The first-order valence-corrected chi connectivity index (χ1v) is 6.44. The van der Waals surface area contributed by atoms with Crippen LogP contribution in [-0.4, -0.2) is 11.1 Å². The summed E-state index contributed by atoms with van der Waals surface area (Å²) in [5.74, 6) is -1.10. The van der Waals surface area contributed by atoms with E-state index in [9.17, 15) is 9.90 Å². The van der Waals surface area contributed by atoms with Crippen LogP contribution in [0.25, 0.3) is 10.8 Å². The summed E-state index contributed by atoms with van der Waals surface area (Å²) in [7, 11) is 0. The summed E-state index contributed by atoms with van der Waals surface area (Å²) in [6, 6.07) is 14.0. The zero-order valence-corrected chi connectivity index (χ0v) is 10.6. The van der Waals surface area contributed by atoms with Crippen LogP contribution in [0, 0.1) is 0 Å². The molecule has 0 aliphatic rings. The van der Waals surface area contributed by atoms with Crippen molar-refractivity contribution in [2.75, 3.05) is 0 Å². The van der Waals surface area contributed by atoms with Gasteiger partial charge in [-0.05, 0) is 22.8 Å². The minimum atomic E-state index is -0.723. The average molecular weight is 242 g/mol. The predicted molar refractivity (Wildman–Crippen MR) is 73.8 cm³/mol. The van der Waals surface area contributed by atoms with E-state index in [1.807, 2.05) is 42.5 Å². The molecule has 0 aliphatic heterocycles. The zero-order valence-electron chi connectivity index (χ0n) is 10.6. The lowest BCUT2D eigenvalue weighted by Gasteiger charge is -2.13. The summed E-state index contributed by atoms with van der Waals surface area (Å²) in [6.45, 7) is 2.08. The molecule has 2 heteroatoms. The number of aliphatic carboxylic acids is 1. The van der Waals surface area contributed by atoms with E-state index in [0.29, 0.717) is 6.42 Å². The second-order valence-electron chi connectivity index (χ2n) is 4.64. The van der Waals surface area contributed by atoms with Gasteiger partial charge in [-0.3, -0.25) is 4.79 Å². The van der Waals surface area contributed by atoms with Crippen LogP contribution >= 0.6 is 0 Å². The summed E-state index contributed by atoms with van der Waals surface area (Å²) in [4.78, 5) is 11.3. The molecule has 0 heterocycles. The van der Waals surface area contributed by atoms with Gasteiger partial charge in [-0.15, -0.1) is 0 Å². The molecule has 2 aromatic rings. The summed E-state index contributed by atoms with van der Waals surface area (Å²) < 4.78 is 0. The first-order chi connectivity index (χ1) is 8.72.